The fourth-order valence-electron chi connectivity index (χ4n) is 2.33. The Kier molecular flexibility index (Phi) is 4.98. The molecule has 120 valence electrons. The molecule has 1 aliphatic rings. The molecule has 0 radical (unpaired) electrons. The zero-order valence-corrected chi connectivity index (χ0v) is 13.3. The van der Waals surface area contributed by atoms with Crippen molar-refractivity contribution in [3.63, 3.8) is 0 Å². The first kappa shape index (κ1) is 15.6. The van der Waals surface area contributed by atoms with Crippen LogP contribution in [0.3, 0.4) is 0 Å². The first-order valence-electron chi connectivity index (χ1n) is 7.47. The van der Waals surface area contributed by atoms with Crippen LogP contribution >= 0.6 is 11.6 Å². The maximum atomic E-state index is 12.1. The largest absolute Gasteiger partial charge is 0.489 e. The molecule has 2 heterocycles. The van der Waals surface area contributed by atoms with Crippen molar-refractivity contribution < 1.29 is 14.3 Å². The Hall–Kier alpha value is -2.27. The van der Waals surface area contributed by atoms with Gasteiger partial charge in [0.2, 0.25) is 5.91 Å². The molecule has 0 bridgehead atoms. The Bertz CT molecular complexity index is 692. The van der Waals surface area contributed by atoms with Crippen LogP contribution < -0.4 is 14.8 Å². The van der Waals surface area contributed by atoms with Crippen LogP contribution in [-0.4, -0.2) is 24.1 Å². The number of rotatable bonds is 4. The molecule has 1 aromatic heterocycles. The van der Waals surface area contributed by atoms with Crippen LogP contribution in [0.5, 0.6) is 11.5 Å². The summed E-state index contributed by atoms with van der Waals surface area (Å²) < 4.78 is 11.2. The van der Waals surface area contributed by atoms with E-state index >= 15 is 0 Å². The van der Waals surface area contributed by atoms with Gasteiger partial charge in [0.15, 0.2) is 11.5 Å². The van der Waals surface area contributed by atoms with Crippen molar-refractivity contribution in [1.29, 1.82) is 0 Å². The molecule has 0 saturated carbocycles. The monoisotopic (exact) mass is 332 g/mol. The van der Waals surface area contributed by atoms with Gasteiger partial charge in [0.25, 0.3) is 0 Å². The van der Waals surface area contributed by atoms with E-state index in [-0.39, 0.29) is 12.3 Å². The molecule has 1 aliphatic heterocycles. The van der Waals surface area contributed by atoms with Crippen LogP contribution in [0.4, 0.5) is 0 Å². The molecular weight excluding hydrogens is 316 g/mol. The average molecular weight is 333 g/mol. The van der Waals surface area contributed by atoms with Gasteiger partial charge in [-0.15, -0.1) is 0 Å². The summed E-state index contributed by atoms with van der Waals surface area (Å²) in [5, 5.41) is 3.31. The molecule has 1 N–H and O–H groups in total. The van der Waals surface area contributed by atoms with Gasteiger partial charge < -0.3 is 14.8 Å². The molecule has 1 aromatic carbocycles. The number of pyridine rings is 1. The molecule has 1 amide bonds. The number of carbonyl (C=O) groups is 1. The van der Waals surface area contributed by atoms with Crippen LogP contribution in [0.15, 0.2) is 36.5 Å². The van der Waals surface area contributed by atoms with Gasteiger partial charge in [0.1, 0.15) is 0 Å². The maximum Gasteiger partial charge on any atom is 0.224 e. The summed E-state index contributed by atoms with van der Waals surface area (Å²) in [5.74, 6) is 1.06. The second-order valence-corrected chi connectivity index (χ2v) is 5.64. The second-order valence-electron chi connectivity index (χ2n) is 5.23. The lowest BCUT2D eigenvalue weighted by Gasteiger charge is -2.11. The third-order valence-corrected chi connectivity index (χ3v) is 3.70. The summed E-state index contributed by atoms with van der Waals surface area (Å²) >= 11 is 6.23. The fraction of sp³-hybridized carbons (Fsp3) is 0.294. The number of halogens is 1. The Morgan fingerprint density at radius 3 is 2.96 bits per heavy atom. The molecule has 2 aromatic rings. The van der Waals surface area contributed by atoms with Gasteiger partial charge >= 0.3 is 0 Å². The average Bonchev–Trinajstić information content (AvgIpc) is 2.80. The third-order valence-electron chi connectivity index (χ3n) is 3.42. The number of fused-ring (bicyclic) bond motifs is 1. The van der Waals surface area contributed by atoms with Gasteiger partial charge in [-0.05, 0) is 29.8 Å². The minimum absolute atomic E-state index is 0.0961. The first-order chi connectivity index (χ1) is 11.2. The Morgan fingerprint density at radius 2 is 2.13 bits per heavy atom. The molecule has 0 unspecified atom stereocenters. The van der Waals surface area contributed by atoms with Crippen LogP contribution in [0.25, 0.3) is 0 Å². The van der Waals surface area contributed by atoms with Crippen LogP contribution in [0, 0.1) is 0 Å². The SMILES string of the molecule is O=C(Cc1cc(Cl)c2c(c1)OCCCO2)NCc1ccccn1. The van der Waals surface area contributed by atoms with E-state index in [2.05, 4.69) is 10.3 Å². The van der Waals surface area contributed by atoms with Gasteiger partial charge in [0, 0.05) is 12.6 Å². The topological polar surface area (TPSA) is 60.5 Å². The number of nitrogens with zero attached hydrogens (tertiary/aromatic N) is 1. The number of nitrogens with one attached hydrogen (secondary N) is 1. The molecule has 0 atom stereocenters. The Balaban J connectivity index is 1.64. The molecular formula is C17H17ClN2O3. The van der Waals surface area contributed by atoms with Crippen molar-refractivity contribution in [2.75, 3.05) is 13.2 Å². The summed E-state index contributed by atoms with van der Waals surface area (Å²) in [4.78, 5) is 16.2. The highest BCUT2D eigenvalue weighted by atomic mass is 35.5. The van der Waals surface area contributed by atoms with Gasteiger partial charge in [-0.25, -0.2) is 0 Å². The quantitative estimate of drug-likeness (QED) is 0.935. The van der Waals surface area contributed by atoms with Crippen LogP contribution in [0.2, 0.25) is 5.02 Å². The summed E-state index contributed by atoms with van der Waals surface area (Å²) in [6.45, 7) is 1.56. The smallest absolute Gasteiger partial charge is 0.224 e. The predicted molar refractivity (Wildman–Crippen MR) is 86.8 cm³/mol. The van der Waals surface area contributed by atoms with E-state index in [1.807, 2.05) is 24.3 Å². The summed E-state index contributed by atoms with van der Waals surface area (Å²) in [6, 6.07) is 9.15. The second kappa shape index (κ2) is 7.33. The van der Waals surface area contributed by atoms with Crippen LogP contribution in [0.1, 0.15) is 17.7 Å². The highest BCUT2D eigenvalue weighted by molar-refractivity contribution is 6.32. The van der Waals surface area contributed by atoms with Crippen molar-refractivity contribution in [1.82, 2.24) is 10.3 Å². The van der Waals surface area contributed by atoms with E-state index in [1.54, 1.807) is 12.3 Å². The van der Waals surface area contributed by atoms with E-state index < -0.39 is 0 Å². The normalized spacial score (nSPS) is 13.3. The molecule has 6 heteroatoms. The van der Waals surface area contributed by atoms with Crippen molar-refractivity contribution in [3.05, 3.63) is 52.8 Å². The number of ether oxygens (including phenoxy) is 2. The van der Waals surface area contributed by atoms with Crippen molar-refractivity contribution in [3.8, 4) is 11.5 Å². The zero-order valence-electron chi connectivity index (χ0n) is 12.5. The van der Waals surface area contributed by atoms with Gasteiger partial charge in [-0.1, -0.05) is 17.7 Å². The molecule has 3 rings (SSSR count). The lowest BCUT2D eigenvalue weighted by molar-refractivity contribution is -0.120. The van der Waals surface area contributed by atoms with Crippen molar-refractivity contribution in [2.24, 2.45) is 0 Å². The van der Waals surface area contributed by atoms with Crippen molar-refractivity contribution >= 4 is 17.5 Å². The number of hydrogen-bond acceptors (Lipinski definition) is 4. The maximum absolute atomic E-state index is 12.1. The molecule has 0 fully saturated rings. The zero-order chi connectivity index (χ0) is 16.1. The van der Waals surface area contributed by atoms with E-state index in [0.717, 1.165) is 17.7 Å². The fourth-order valence-corrected chi connectivity index (χ4v) is 2.61. The van der Waals surface area contributed by atoms with Gasteiger partial charge in [-0.2, -0.15) is 0 Å². The molecule has 5 nitrogen and oxygen atoms in total. The Labute approximate surface area is 139 Å². The summed E-state index contributed by atoms with van der Waals surface area (Å²) in [5.41, 5.74) is 1.61. The molecule has 0 aliphatic carbocycles. The standard InChI is InChI=1S/C17H17ClN2O3/c18-14-8-12(9-15-17(14)23-7-3-6-22-15)10-16(21)20-11-13-4-1-2-5-19-13/h1-2,4-5,8-9H,3,6-7,10-11H2,(H,20,21). The minimum Gasteiger partial charge on any atom is -0.489 e. The van der Waals surface area contributed by atoms with Gasteiger partial charge in [0.05, 0.1) is 36.9 Å². The minimum atomic E-state index is -0.0961. The highest BCUT2D eigenvalue weighted by Crippen LogP contribution is 2.38. The van der Waals surface area contributed by atoms with Crippen molar-refractivity contribution in [2.45, 2.75) is 19.4 Å². The van der Waals surface area contributed by atoms with E-state index in [1.165, 1.54) is 0 Å². The highest BCUT2D eigenvalue weighted by Gasteiger charge is 2.16. The predicted octanol–water partition coefficient (Wildman–Crippen LogP) is 2.76. The first-order valence-corrected chi connectivity index (χ1v) is 7.85. The molecule has 0 saturated heterocycles. The summed E-state index contributed by atoms with van der Waals surface area (Å²) in [6.07, 6.45) is 2.74. The number of benzene rings is 1. The van der Waals surface area contributed by atoms with E-state index in [0.29, 0.717) is 36.3 Å². The van der Waals surface area contributed by atoms with E-state index in [9.17, 15) is 4.79 Å². The lowest BCUT2D eigenvalue weighted by Crippen LogP contribution is -2.25. The molecule has 0 spiro atoms. The van der Waals surface area contributed by atoms with E-state index in [4.69, 9.17) is 21.1 Å². The Morgan fingerprint density at radius 1 is 1.26 bits per heavy atom. The number of aromatic nitrogens is 1. The van der Waals surface area contributed by atoms with Crippen LogP contribution in [-0.2, 0) is 17.8 Å². The number of amides is 1. The molecule has 23 heavy (non-hydrogen) atoms. The summed E-state index contributed by atoms with van der Waals surface area (Å²) in [7, 11) is 0. The number of carbonyl (C=O) groups excluding carboxylic acids is 1. The lowest BCUT2D eigenvalue weighted by atomic mass is 10.1. The number of hydrogen-bond donors (Lipinski definition) is 1. The third kappa shape index (κ3) is 4.13. The van der Waals surface area contributed by atoms with Gasteiger partial charge in [-0.3, -0.25) is 9.78 Å².